The molecule has 0 saturated heterocycles. The fourth-order valence-electron chi connectivity index (χ4n) is 2.49. The van der Waals surface area contributed by atoms with Gasteiger partial charge in [0.25, 0.3) is 0 Å². The van der Waals surface area contributed by atoms with Crippen LogP contribution in [0.25, 0.3) is 0 Å². The summed E-state index contributed by atoms with van der Waals surface area (Å²) >= 11 is 0. The van der Waals surface area contributed by atoms with E-state index in [9.17, 15) is 22.8 Å². The highest BCUT2D eigenvalue weighted by molar-refractivity contribution is 6.40. The molecule has 2 nitrogen and oxygen atoms in total. The van der Waals surface area contributed by atoms with Crippen LogP contribution in [0.15, 0.2) is 24.3 Å². The number of alkyl halides is 3. The van der Waals surface area contributed by atoms with Crippen molar-refractivity contribution in [1.29, 1.82) is 0 Å². The molecule has 1 aromatic rings. The van der Waals surface area contributed by atoms with Crippen molar-refractivity contribution in [3.05, 3.63) is 35.4 Å². The molecular weight excluding hydrogens is 257 g/mol. The quantitative estimate of drug-likeness (QED) is 0.790. The summed E-state index contributed by atoms with van der Waals surface area (Å²) in [6.07, 6.45) is -2.54. The van der Waals surface area contributed by atoms with Crippen LogP contribution in [0, 0.1) is 0 Å². The van der Waals surface area contributed by atoms with Gasteiger partial charge in [0.2, 0.25) is 5.78 Å². The minimum atomic E-state index is -4.39. The molecule has 0 amide bonds. The van der Waals surface area contributed by atoms with E-state index < -0.39 is 28.7 Å². The van der Waals surface area contributed by atoms with Crippen LogP contribution in [0.3, 0.4) is 0 Å². The molecule has 1 aromatic carbocycles. The van der Waals surface area contributed by atoms with Crippen molar-refractivity contribution in [3.63, 3.8) is 0 Å². The first-order chi connectivity index (χ1) is 8.77. The maximum atomic E-state index is 12.5. The maximum Gasteiger partial charge on any atom is 0.416 e. The molecule has 0 bridgehead atoms. The van der Waals surface area contributed by atoms with Gasteiger partial charge in [-0.2, -0.15) is 13.2 Å². The zero-order valence-corrected chi connectivity index (χ0v) is 10.4. The van der Waals surface area contributed by atoms with Gasteiger partial charge in [-0.05, 0) is 30.5 Å². The smallest absolute Gasteiger partial charge is 0.291 e. The third-order valence-corrected chi connectivity index (χ3v) is 3.73. The first kappa shape index (κ1) is 13.8. The predicted molar refractivity (Wildman–Crippen MR) is 62.7 cm³/mol. The molecule has 0 radical (unpaired) electrons. The van der Waals surface area contributed by atoms with Gasteiger partial charge in [-0.3, -0.25) is 9.59 Å². The van der Waals surface area contributed by atoms with Gasteiger partial charge in [-0.25, -0.2) is 0 Å². The van der Waals surface area contributed by atoms with Crippen molar-refractivity contribution in [1.82, 2.24) is 0 Å². The number of benzene rings is 1. The minimum Gasteiger partial charge on any atom is -0.291 e. The van der Waals surface area contributed by atoms with Gasteiger partial charge in [0, 0.05) is 6.92 Å². The highest BCUT2D eigenvalue weighted by Crippen LogP contribution is 2.45. The van der Waals surface area contributed by atoms with Crippen molar-refractivity contribution >= 4 is 11.6 Å². The van der Waals surface area contributed by atoms with E-state index in [1.807, 2.05) is 0 Å². The molecule has 0 unspecified atom stereocenters. The number of carbonyl (C=O) groups excluding carboxylic acids is 2. The average Bonchev–Trinajstić information content (AvgIpc) is 2.26. The van der Waals surface area contributed by atoms with Crippen LogP contribution in [0.1, 0.15) is 37.3 Å². The molecule has 1 aliphatic carbocycles. The van der Waals surface area contributed by atoms with Gasteiger partial charge in [0.05, 0.1) is 11.0 Å². The largest absolute Gasteiger partial charge is 0.416 e. The van der Waals surface area contributed by atoms with Crippen molar-refractivity contribution in [3.8, 4) is 0 Å². The van der Waals surface area contributed by atoms with Crippen molar-refractivity contribution < 1.29 is 22.8 Å². The molecule has 0 N–H and O–H groups in total. The first-order valence-electron chi connectivity index (χ1n) is 6.00. The summed E-state index contributed by atoms with van der Waals surface area (Å²) in [4.78, 5) is 23.2. The highest BCUT2D eigenvalue weighted by atomic mass is 19.4. The monoisotopic (exact) mass is 270 g/mol. The lowest BCUT2D eigenvalue weighted by Crippen LogP contribution is -2.45. The molecule has 1 saturated carbocycles. The van der Waals surface area contributed by atoms with E-state index in [0.29, 0.717) is 18.4 Å². The molecule has 2 rings (SSSR count). The minimum absolute atomic E-state index is 0.501. The Morgan fingerprint density at radius 2 is 1.63 bits per heavy atom. The summed E-state index contributed by atoms with van der Waals surface area (Å²) in [5.74, 6) is -1.04. The molecule has 102 valence electrons. The van der Waals surface area contributed by atoms with Crippen molar-refractivity contribution in [2.75, 3.05) is 0 Å². The van der Waals surface area contributed by atoms with Gasteiger partial charge >= 0.3 is 6.18 Å². The molecule has 19 heavy (non-hydrogen) atoms. The zero-order valence-electron chi connectivity index (χ0n) is 10.4. The lowest BCUT2D eigenvalue weighted by atomic mass is 9.61. The molecule has 0 heterocycles. The fourth-order valence-corrected chi connectivity index (χ4v) is 2.49. The Hall–Kier alpha value is -1.65. The Morgan fingerprint density at radius 1 is 1.11 bits per heavy atom. The summed E-state index contributed by atoms with van der Waals surface area (Å²) in [6.45, 7) is 1.20. The number of hydrogen-bond donors (Lipinski definition) is 0. The van der Waals surface area contributed by atoms with Gasteiger partial charge in [0.1, 0.15) is 0 Å². The standard InChI is InChI=1S/C14H13F3O2/c1-9(18)12(19)13(7-2-8-13)10-3-5-11(6-4-10)14(15,16)17/h3-6H,2,7-8H2,1H3. The van der Waals surface area contributed by atoms with Crippen LogP contribution in [0.4, 0.5) is 13.2 Å². The topological polar surface area (TPSA) is 34.1 Å². The predicted octanol–water partition coefficient (Wildman–Crippen LogP) is 3.29. The Morgan fingerprint density at radius 3 is 1.95 bits per heavy atom. The first-order valence-corrected chi connectivity index (χ1v) is 6.00. The summed E-state index contributed by atoms with van der Waals surface area (Å²) in [7, 11) is 0. The van der Waals surface area contributed by atoms with E-state index in [2.05, 4.69) is 0 Å². The second-order valence-corrected chi connectivity index (χ2v) is 4.90. The molecule has 5 heteroatoms. The van der Waals surface area contributed by atoms with Crippen LogP contribution in [0.5, 0.6) is 0 Å². The Labute approximate surface area is 108 Å². The van der Waals surface area contributed by atoms with Gasteiger partial charge in [-0.15, -0.1) is 0 Å². The third kappa shape index (κ3) is 2.29. The zero-order chi connectivity index (χ0) is 14.3. The molecular formula is C14H13F3O2. The number of Topliss-reactive ketones (excluding diaryl/α,β-unsaturated/α-hetero) is 2. The van der Waals surface area contributed by atoms with Crippen LogP contribution >= 0.6 is 0 Å². The molecule has 1 aliphatic rings. The SMILES string of the molecule is CC(=O)C(=O)C1(c2ccc(C(F)(F)F)cc2)CCC1. The lowest BCUT2D eigenvalue weighted by Gasteiger charge is -2.40. The summed E-state index contributed by atoms with van der Waals surface area (Å²) in [5.41, 5.74) is -1.14. The van der Waals surface area contributed by atoms with Crippen LogP contribution < -0.4 is 0 Å². The van der Waals surface area contributed by atoms with Crippen LogP contribution in [0.2, 0.25) is 0 Å². The average molecular weight is 270 g/mol. The number of halogens is 3. The van der Waals surface area contributed by atoms with E-state index >= 15 is 0 Å². The molecule has 0 atom stereocenters. The normalized spacial score (nSPS) is 17.7. The molecule has 1 fully saturated rings. The number of hydrogen-bond acceptors (Lipinski definition) is 2. The number of ketones is 2. The van der Waals surface area contributed by atoms with E-state index in [4.69, 9.17) is 0 Å². The van der Waals surface area contributed by atoms with Crippen LogP contribution in [-0.4, -0.2) is 11.6 Å². The second-order valence-electron chi connectivity index (χ2n) is 4.90. The summed E-state index contributed by atoms with van der Waals surface area (Å²) < 4.78 is 37.4. The van der Waals surface area contributed by atoms with Gasteiger partial charge in [0.15, 0.2) is 5.78 Å². The Balaban J connectivity index is 2.35. The van der Waals surface area contributed by atoms with Gasteiger partial charge in [-0.1, -0.05) is 18.6 Å². The Kier molecular flexibility index (Phi) is 3.24. The van der Waals surface area contributed by atoms with Gasteiger partial charge < -0.3 is 0 Å². The number of carbonyl (C=O) groups is 2. The summed E-state index contributed by atoms with van der Waals surface area (Å²) in [5, 5.41) is 0. The fraction of sp³-hybridized carbons (Fsp3) is 0.429. The molecule has 0 spiro atoms. The second kappa shape index (κ2) is 4.47. The van der Waals surface area contributed by atoms with Crippen molar-refractivity contribution in [2.24, 2.45) is 0 Å². The Bertz CT molecular complexity index is 510. The summed E-state index contributed by atoms with van der Waals surface area (Å²) in [6, 6.07) is 4.54. The van der Waals surface area contributed by atoms with E-state index in [-0.39, 0.29) is 0 Å². The van der Waals surface area contributed by atoms with E-state index in [1.54, 1.807) is 0 Å². The molecule has 0 aliphatic heterocycles. The van der Waals surface area contributed by atoms with Crippen molar-refractivity contribution in [2.45, 2.75) is 37.8 Å². The van der Waals surface area contributed by atoms with Crippen LogP contribution in [-0.2, 0) is 21.2 Å². The number of rotatable bonds is 3. The highest BCUT2D eigenvalue weighted by Gasteiger charge is 2.47. The third-order valence-electron chi connectivity index (χ3n) is 3.73. The molecule has 0 aromatic heterocycles. The van der Waals surface area contributed by atoms with E-state index in [0.717, 1.165) is 18.6 Å². The maximum absolute atomic E-state index is 12.5. The van der Waals surface area contributed by atoms with E-state index in [1.165, 1.54) is 19.1 Å². The lowest BCUT2D eigenvalue weighted by molar-refractivity contribution is -0.141.